The average Bonchev–Trinajstić information content (AvgIpc) is 2.94. The molecule has 0 aromatic heterocycles. The smallest absolute Gasteiger partial charge is 0.308 e. The van der Waals surface area contributed by atoms with Gasteiger partial charge in [-0.25, -0.2) is 0 Å². The zero-order chi connectivity index (χ0) is 29.1. The third-order valence-corrected chi connectivity index (χ3v) is 5.93. The van der Waals surface area contributed by atoms with Crippen molar-refractivity contribution in [1.82, 2.24) is 0 Å². The maximum atomic E-state index is 11.9. The maximum absolute atomic E-state index is 11.9. The van der Waals surface area contributed by atoms with Gasteiger partial charge in [0, 0.05) is 19.4 Å². The van der Waals surface area contributed by atoms with E-state index in [2.05, 4.69) is 6.92 Å². The van der Waals surface area contributed by atoms with E-state index < -0.39 is 24.1 Å². The van der Waals surface area contributed by atoms with Crippen LogP contribution in [0.25, 0.3) is 0 Å². The standard InChI is InChI=1S/C31H36O9/c1-7-10-22-13-15-27(28(17-22)35-5)40-31(23-14-16-26(38-21(3)33)29(18-23)36-6)30(19-37-20(2)32)39-25-12-9-8-11-24(25)34-4/h8-9,11-18,30-31H,7,10,19H2,1-6H3. The van der Waals surface area contributed by atoms with E-state index in [-0.39, 0.29) is 12.4 Å². The third-order valence-electron chi connectivity index (χ3n) is 5.93. The quantitative estimate of drug-likeness (QED) is 0.184. The minimum absolute atomic E-state index is 0.137. The number of rotatable bonds is 14. The van der Waals surface area contributed by atoms with E-state index in [0.717, 1.165) is 18.4 Å². The molecule has 0 saturated carbocycles. The topological polar surface area (TPSA) is 98.8 Å². The Morgan fingerprint density at radius 2 is 1.32 bits per heavy atom. The summed E-state index contributed by atoms with van der Waals surface area (Å²) in [5.41, 5.74) is 1.72. The highest BCUT2D eigenvalue weighted by atomic mass is 16.6. The number of benzene rings is 3. The summed E-state index contributed by atoms with van der Waals surface area (Å²) in [7, 11) is 4.59. The summed E-state index contributed by atoms with van der Waals surface area (Å²) < 4.78 is 40.3. The van der Waals surface area contributed by atoms with Gasteiger partial charge < -0.3 is 33.2 Å². The van der Waals surface area contributed by atoms with Gasteiger partial charge in [0.15, 0.2) is 46.7 Å². The van der Waals surface area contributed by atoms with Crippen molar-refractivity contribution in [1.29, 1.82) is 0 Å². The number of hydrogen-bond donors (Lipinski definition) is 0. The van der Waals surface area contributed by atoms with Crippen molar-refractivity contribution >= 4 is 11.9 Å². The molecule has 40 heavy (non-hydrogen) atoms. The number of methoxy groups -OCH3 is 3. The summed E-state index contributed by atoms with van der Waals surface area (Å²) in [6, 6.07) is 17.9. The number of ether oxygens (including phenoxy) is 7. The molecule has 0 heterocycles. The van der Waals surface area contributed by atoms with Crippen molar-refractivity contribution < 1.29 is 42.7 Å². The van der Waals surface area contributed by atoms with Gasteiger partial charge in [-0.15, -0.1) is 0 Å². The molecule has 0 radical (unpaired) electrons. The molecule has 3 rings (SSSR count). The van der Waals surface area contributed by atoms with E-state index in [1.807, 2.05) is 30.3 Å². The predicted molar refractivity (Wildman–Crippen MR) is 149 cm³/mol. The van der Waals surface area contributed by atoms with Gasteiger partial charge in [0.25, 0.3) is 0 Å². The Morgan fingerprint density at radius 1 is 0.700 bits per heavy atom. The van der Waals surface area contributed by atoms with Gasteiger partial charge in [-0.3, -0.25) is 9.59 Å². The zero-order valence-corrected chi connectivity index (χ0v) is 23.7. The zero-order valence-electron chi connectivity index (χ0n) is 23.7. The van der Waals surface area contributed by atoms with Crippen LogP contribution in [0.5, 0.6) is 34.5 Å². The summed E-state index contributed by atoms with van der Waals surface area (Å²) in [4.78, 5) is 23.5. The Hall–Kier alpha value is -4.40. The number of aryl methyl sites for hydroxylation is 1. The fourth-order valence-electron chi connectivity index (χ4n) is 4.11. The molecule has 2 atom stereocenters. The first-order chi connectivity index (χ1) is 19.3. The molecule has 0 bridgehead atoms. The van der Waals surface area contributed by atoms with Crippen LogP contribution in [0.4, 0.5) is 0 Å². The third kappa shape index (κ3) is 8.05. The monoisotopic (exact) mass is 552 g/mol. The fraction of sp³-hybridized carbons (Fsp3) is 0.355. The molecule has 0 N–H and O–H groups in total. The molecule has 9 heteroatoms. The normalized spacial score (nSPS) is 12.1. The van der Waals surface area contributed by atoms with Crippen molar-refractivity contribution in [2.24, 2.45) is 0 Å². The Morgan fingerprint density at radius 3 is 1.95 bits per heavy atom. The van der Waals surface area contributed by atoms with E-state index in [1.165, 1.54) is 21.0 Å². The van der Waals surface area contributed by atoms with Gasteiger partial charge >= 0.3 is 11.9 Å². The Labute approximate surface area is 234 Å². The van der Waals surface area contributed by atoms with E-state index >= 15 is 0 Å². The van der Waals surface area contributed by atoms with Crippen molar-refractivity contribution in [3.05, 3.63) is 71.8 Å². The van der Waals surface area contributed by atoms with Crippen molar-refractivity contribution in [2.75, 3.05) is 27.9 Å². The van der Waals surface area contributed by atoms with Crippen LogP contribution in [-0.4, -0.2) is 46.0 Å². The van der Waals surface area contributed by atoms with Gasteiger partial charge in [0.1, 0.15) is 6.61 Å². The minimum Gasteiger partial charge on any atom is -0.493 e. The van der Waals surface area contributed by atoms with Crippen LogP contribution < -0.4 is 28.4 Å². The summed E-state index contributed by atoms with van der Waals surface area (Å²) >= 11 is 0. The molecule has 9 nitrogen and oxygen atoms in total. The fourth-order valence-corrected chi connectivity index (χ4v) is 4.11. The molecule has 0 aliphatic rings. The lowest BCUT2D eigenvalue weighted by molar-refractivity contribution is -0.145. The van der Waals surface area contributed by atoms with Crippen LogP contribution in [0, 0.1) is 0 Å². The second-order valence-corrected chi connectivity index (χ2v) is 8.89. The van der Waals surface area contributed by atoms with E-state index in [1.54, 1.807) is 44.6 Å². The predicted octanol–water partition coefficient (Wildman–Crippen LogP) is 5.72. The number of hydrogen-bond acceptors (Lipinski definition) is 9. The van der Waals surface area contributed by atoms with Gasteiger partial charge in [0.05, 0.1) is 21.3 Å². The first-order valence-electron chi connectivity index (χ1n) is 12.9. The van der Waals surface area contributed by atoms with Crippen molar-refractivity contribution in [3.63, 3.8) is 0 Å². The molecular formula is C31H36O9. The van der Waals surface area contributed by atoms with Crippen LogP contribution in [0.3, 0.4) is 0 Å². The Bertz CT molecular complexity index is 1290. The first-order valence-corrected chi connectivity index (χ1v) is 12.9. The molecule has 0 aliphatic heterocycles. The van der Waals surface area contributed by atoms with Crippen LogP contribution >= 0.6 is 0 Å². The van der Waals surface area contributed by atoms with Crippen LogP contribution in [-0.2, 0) is 20.7 Å². The SMILES string of the molecule is CCCc1ccc(OC(c2ccc(OC(C)=O)c(OC)c2)C(COC(C)=O)Oc2ccccc2OC)c(OC)c1. The van der Waals surface area contributed by atoms with Crippen LogP contribution in [0.1, 0.15) is 44.4 Å². The molecule has 214 valence electrons. The maximum Gasteiger partial charge on any atom is 0.308 e. The molecule has 0 aliphatic carbocycles. The number of carbonyl (C=O) groups is 2. The molecule has 0 spiro atoms. The largest absolute Gasteiger partial charge is 0.493 e. The highest BCUT2D eigenvalue weighted by molar-refractivity contribution is 5.70. The highest BCUT2D eigenvalue weighted by Gasteiger charge is 2.31. The lowest BCUT2D eigenvalue weighted by Crippen LogP contribution is -2.34. The number of para-hydroxylation sites is 2. The lowest BCUT2D eigenvalue weighted by atomic mass is 10.0. The molecular weight excluding hydrogens is 516 g/mol. The van der Waals surface area contributed by atoms with Crippen molar-refractivity contribution in [2.45, 2.75) is 45.8 Å². The summed E-state index contributed by atoms with van der Waals surface area (Å²) in [5.74, 6) is 1.55. The van der Waals surface area contributed by atoms with Crippen LogP contribution in [0.2, 0.25) is 0 Å². The van der Waals surface area contributed by atoms with E-state index in [0.29, 0.717) is 34.3 Å². The molecule has 3 aromatic rings. The number of carbonyl (C=O) groups excluding carboxylic acids is 2. The van der Waals surface area contributed by atoms with E-state index in [4.69, 9.17) is 33.2 Å². The molecule has 0 amide bonds. The Kier molecular flexibility index (Phi) is 11.1. The summed E-state index contributed by atoms with van der Waals surface area (Å²) in [6.45, 7) is 4.60. The number of esters is 2. The second kappa shape index (κ2) is 14.7. The second-order valence-electron chi connectivity index (χ2n) is 8.89. The van der Waals surface area contributed by atoms with Gasteiger partial charge in [0.2, 0.25) is 0 Å². The molecule has 3 aromatic carbocycles. The summed E-state index contributed by atoms with van der Waals surface area (Å²) in [5, 5.41) is 0. The van der Waals surface area contributed by atoms with Gasteiger partial charge in [-0.05, 0) is 48.4 Å². The first kappa shape index (κ1) is 30.1. The lowest BCUT2D eigenvalue weighted by Gasteiger charge is -2.30. The van der Waals surface area contributed by atoms with Gasteiger partial charge in [-0.1, -0.05) is 37.6 Å². The van der Waals surface area contributed by atoms with Crippen molar-refractivity contribution in [3.8, 4) is 34.5 Å². The van der Waals surface area contributed by atoms with Crippen LogP contribution in [0.15, 0.2) is 60.7 Å². The molecule has 0 saturated heterocycles. The molecule has 0 fully saturated rings. The molecule has 2 unspecified atom stereocenters. The average molecular weight is 553 g/mol. The highest BCUT2D eigenvalue weighted by Crippen LogP contribution is 2.39. The summed E-state index contributed by atoms with van der Waals surface area (Å²) in [6.07, 6.45) is 0.193. The Balaban J connectivity index is 2.13. The minimum atomic E-state index is -0.843. The van der Waals surface area contributed by atoms with E-state index in [9.17, 15) is 9.59 Å². The van der Waals surface area contributed by atoms with Gasteiger partial charge in [-0.2, -0.15) is 0 Å².